The molecule has 8 rings (SSSR count). The third-order valence-electron chi connectivity index (χ3n) is 9.79. The van der Waals surface area contributed by atoms with Crippen molar-refractivity contribution in [3.05, 3.63) is 53.4 Å². The van der Waals surface area contributed by atoms with E-state index in [4.69, 9.17) is 20.9 Å². The Hall–Kier alpha value is -4.56. The number of nitrogens with zero attached hydrogens (tertiary/aromatic N) is 5. The zero-order valence-electron chi connectivity index (χ0n) is 24.5. The SMILES string of the molecule is C#Cc1c(F)ccc2cc(O)cc(-c3nc4c5c(nc(OCC67CCCN6C/C(=C/F)C7)nc5c3F)N3CCCC[C@H]3CO4)c12. The highest BCUT2D eigenvalue weighted by atomic mass is 19.1. The van der Waals surface area contributed by atoms with Crippen LogP contribution >= 0.6 is 0 Å². The summed E-state index contributed by atoms with van der Waals surface area (Å²) in [6.07, 6.45) is 11.6. The molecule has 0 amide bonds. The van der Waals surface area contributed by atoms with E-state index >= 15 is 4.39 Å². The van der Waals surface area contributed by atoms with Gasteiger partial charge >= 0.3 is 6.01 Å². The second-order valence-corrected chi connectivity index (χ2v) is 12.4. The lowest BCUT2D eigenvalue weighted by Crippen LogP contribution is -2.44. The smallest absolute Gasteiger partial charge is 0.319 e. The van der Waals surface area contributed by atoms with E-state index in [1.165, 1.54) is 24.3 Å². The summed E-state index contributed by atoms with van der Waals surface area (Å²) in [5.41, 5.74) is 0.143. The molecule has 0 bridgehead atoms. The molecule has 6 heterocycles. The van der Waals surface area contributed by atoms with Gasteiger partial charge in [-0.3, -0.25) is 4.90 Å². The maximum atomic E-state index is 16.9. The molecule has 4 aromatic rings. The van der Waals surface area contributed by atoms with Crippen LogP contribution in [0.2, 0.25) is 0 Å². The average molecular weight is 614 g/mol. The monoisotopic (exact) mass is 613 g/mol. The molecule has 0 saturated carbocycles. The number of aromatic hydroxyl groups is 1. The van der Waals surface area contributed by atoms with Crippen LogP contribution in [0, 0.1) is 24.0 Å². The highest BCUT2D eigenvalue weighted by Gasteiger charge is 2.47. The van der Waals surface area contributed by atoms with Gasteiger partial charge in [0.15, 0.2) is 5.82 Å². The standard InChI is InChI=1S/C34H30F3N5O3/c1-2-23-25(36)8-7-20-12-22(43)13-24(26(20)23)29-28(37)30-27-31(42-11-4-3-6-21(42)17-44-32(27)38-29)40-33(39-30)45-18-34-9-5-10-41(34)16-19(14-34)15-35/h1,7-8,12-13,15,21,43H,3-6,9-11,14,16-18H2/b19-15+/t21-,34?/m0/s1. The Labute approximate surface area is 257 Å². The van der Waals surface area contributed by atoms with E-state index in [9.17, 15) is 13.9 Å². The number of benzene rings is 2. The minimum absolute atomic E-state index is 0.000696. The van der Waals surface area contributed by atoms with Gasteiger partial charge in [0.1, 0.15) is 47.2 Å². The fourth-order valence-electron chi connectivity index (χ4n) is 7.69. The number of phenolic OH excluding ortho intramolecular Hbond substituents is 1. The number of rotatable bonds is 4. The summed E-state index contributed by atoms with van der Waals surface area (Å²) in [6, 6.07) is 5.43. The number of ether oxygens (including phenoxy) is 2. The molecule has 4 aliphatic heterocycles. The molecular weight excluding hydrogens is 583 g/mol. The minimum Gasteiger partial charge on any atom is -0.508 e. The van der Waals surface area contributed by atoms with Crippen molar-refractivity contribution in [2.45, 2.75) is 50.1 Å². The summed E-state index contributed by atoms with van der Waals surface area (Å²) < 4.78 is 57.8. The molecular formula is C34H30F3N5O3. The molecule has 3 fully saturated rings. The van der Waals surface area contributed by atoms with Crippen LogP contribution in [0.15, 0.2) is 36.2 Å². The van der Waals surface area contributed by atoms with Crippen molar-refractivity contribution in [3.8, 4) is 41.2 Å². The fraction of sp³-hybridized carbons (Fsp3) is 0.382. The number of aromatic nitrogens is 3. The summed E-state index contributed by atoms with van der Waals surface area (Å²) in [6.45, 7) is 2.64. The Balaban J connectivity index is 1.32. The first-order chi connectivity index (χ1) is 21.9. The summed E-state index contributed by atoms with van der Waals surface area (Å²) in [5.74, 6) is 1.38. The van der Waals surface area contributed by atoms with Crippen molar-refractivity contribution in [2.24, 2.45) is 0 Å². The molecule has 0 aliphatic carbocycles. The number of terminal acetylenes is 1. The number of hydrogen-bond acceptors (Lipinski definition) is 8. The van der Waals surface area contributed by atoms with Gasteiger partial charge in [0.05, 0.1) is 23.5 Å². The van der Waals surface area contributed by atoms with Gasteiger partial charge in [0, 0.05) is 24.0 Å². The quantitative estimate of drug-likeness (QED) is 0.280. The zero-order chi connectivity index (χ0) is 30.9. The second kappa shape index (κ2) is 10.5. The summed E-state index contributed by atoms with van der Waals surface area (Å²) >= 11 is 0. The molecule has 4 aliphatic rings. The molecule has 0 radical (unpaired) electrons. The van der Waals surface area contributed by atoms with Gasteiger partial charge in [-0.15, -0.1) is 6.42 Å². The first-order valence-corrected chi connectivity index (χ1v) is 15.3. The highest BCUT2D eigenvalue weighted by molar-refractivity contribution is 6.04. The van der Waals surface area contributed by atoms with Gasteiger partial charge in [-0.25, -0.2) is 18.2 Å². The summed E-state index contributed by atoms with van der Waals surface area (Å²) in [4.78, 5) is 18.4. The number of halogens is 3. The Bertz CT molecular complexity index is 1960. The Morgan fingerprint density at radius 2 is 2.02 bits per heavy atom. The molecule has 2 atom stereocenters. The zero-order valence-corrected chi connectivity index (χ0v) is 24.5. The van der Waals surface area contributed by atoms with Crippen LogP contribution in [-0.4, -0.2) is 69.4 Å². The van der Waals surface area contributed by atoms with Crippen LogP contribution in [0.25, 0.3) is 32.9 Å². The Morgan fingerprint density at radius 1 is 1.13 bits per heavy atom. The fourth-order valence-corrected chi connectivity index (χ4v) is 7.69. The lowest BCUT2D eigenvalue weighted by molar-refractivity contribution is 0.108. The Kier molecular flexibility index (Phi) is 6.53. The number of phenols is 1. The first kappa shape index (κ1) is 28.0. The van der Waals surface area contributed by atoms with Crippen LogP contribution < -0.4 is 14.4 Å². The molecule has 8 nitrogen and oxygen atoms in total. The number of anilines is 1. The number of piperidine rings is 1. The molecule has 0 spiro atoms. The third kappa shape index (κ3) is 4.37. The summed E-state index contributed by atoms with van der Waals surface area (Å²) in [7, 11) is 0. The van der Waals surface area contributed by atoms with Gasteiger partial charge in [0.2, 0.25) is 5.88 Å². The normalized spacial score (nSPS) is 23.6. The van der Waals surface area contributed by atoms with Gasteiger partial charge in [-0.05, 0) is 74.2 Å². The van der Waals surface area contributed by atoms with Crippen molar-refractivity contribution >= 4 is 27.5 Å². The number of hydrogen-bond donors (Lipinski definition) is 1. The van der Waals surface area contributed by atoms with E-state index in [0.29, 0.717) is 49.0 Å². The topological polar surface area (TPSA) is 83.8 Å². The van der Waals surface area contributed by atoms with E-state index in [0.717, 1.165) is 44.2 Å². The van der Waals surface area contributed by atoms with Gasteiger partial charge in [-0.2, -0.15) is 9.97 Å². The van der Waals surface area contributed by atoms with Gasteiger partial charge in [0.25, 0.3) is 0 Å². The van der Waals surface area contributed by atoms with Crippen molar-refractivity contribution in [1.82, 2.24) is 19.9 Å². The highest BCUT2D eigenvalue weighted by Crippen LogP contribution is 2.45. The van der Waals surface area contributed by atoms with Crippen LogP contribution in [0.5, 0.6) is 17.6 Å². The maximum absolute atomic E-state index is 16.9. The molecule has 230 valence electrons. The van der Waals surface area contributed by atoms with E-state index in [-0.39, 0.29) is 63.6 Å². The van der Waals surface area contributed by atoms with E-state index in [1.54, 1.807) is 0 Å². The van der Waals surface area contributed by atoms with Crippen LogP contribution in [0.3, 0.4) is 0 Å². The second-order valence-electron chi connectivity index (χ2n) is 12.4. The van der Waals surface area contributed by atoms with E-state index in [2.05, 4.69) is 25.7 Å². The van der Waals surface area contributed by atoms with E-state index < -0.39 is 11.6 Å². The largest absolute Gasteiger partial charge is 0.508 e. The third-order valence-corrected chi connectivity index (χ3v) is 9.79. The lowest BCUT2D eigenvalue weighted by Gasteiger charge is -2.35. The van der Waals surface area contributed by atoms with Crippen molar-refractivity contribution in [2.75, 3.05) is 37.7 Å². The number of fused-ring (bicyclic) bond motifs is 4. The van der Waals surface area contributed by atoms with Crippen molar-refractivity contribution < 1.29 is 27.8 Å². The molecule has 2 aromatic carbocycles. The Morgan fingerprint density at radius 3 is 2.87 bits per heavy atom. The molecule has 11 heteroatoms. The molecule has 3 saturated heterocycles. The molecule has 1 N–H and O–H groups in total. The maximum Gasteiger partial charge on any atom is 0.319 e. The molecule has 1 unspecified atom stereocenters. The van der Waals surface area contributed by atoms with Gasteiger partial charge < -0.3 is 19.5 Å². The molecule has 45 heavy (non-hydrogen) atoms. The van der Waals surface area contributed by atoms with Crippen molar-refractivity contribution in [3.63, 3.8) is 0 Å². The lowest BCUT2D eigenvalue weighted by atomic mass is 9.94. The number of pyridine rings is 1. The average Bonchev–Trinajstić information content (AvgIpc) is 3.55. The molecule has 2 aromatic heterocycles. The van der Waals surface area contributed by atoms with Gasteiger partial charge in [-0.1, -0.05) is 12.0 Å². The van der Waals surface area contributed by atoms with Crippen LogP contribution in [0.1, 0.15) is 44.1 Å². The van der Waals surface area contributed by atoms with Crippen LogP contribution in [0.4, 0.5) is 19.0 Å². The predicted molar refractivity (Wildman–Crippen MR) is 163 cm³/mol. The first-order valence-electron chi connectivity index (χ1n) is 15.3. The summed E-state index contributed by atoms with van der Waals surface area (Å²) in [5, 5.41) is 11.6. The van der Waals surface area contributed by atoms with E-state index in [1.807, 2.05) is 0 Å². The van der Waals surface area contributed by atoms with Crippen LogP contribution in [-0.2, 0) is 0 Å². The minimum atomic E-state index is -0.801. The predicted octanol–water partition coefficient (Wildman–Crippen LogP) is 6.03. The van der Waals surface area contributed by atoms with Crippen molar-refractivity contribution in [1.29, 1.82) is 0 Å².